The summed E-state index contributed by atoms with van der Waals surface area (Å²) in [6.45, 7) is 13.8. The fourth-order valence-corrected chi connectivity index (χ4v) is 7.75. The molecule has 0 unspecified atom stereocenters. The molecule has 0 aliphatic rings. The average Bonchev–Trinajstić information content (AvgIpc) is 3.58. The Bertz CT molecular complexity index is 2300. The van der Waals surface area contributed by atoms with Gasteiger partial charge >= 0.3 is 12.3 Å². The van der Waals surface area contributed by atoms with E-state index in [-0.39, 0.29) is 66.9 Å². The number of alkyl halides is 3. The van der Waals surface area contributed by atoms with Gasteiger partial charge in [0.15, 0.2) is 24.1 Å². The number of halogens is 4. The summed E-state index contributed by atoms with van der Waals surface area (Å²) in [5, 5.41) is 13.5. The van der Waals surface area contributed by atoms with Crippen molar-refractivity contribution in [3.05, 3.63) is 107 Å². The Morgan fingerprint density at radius 3 is 2.11 bits per heavy atom. The lowest BCUT2D eigenvalue weighted by molar-refractivity contribution is -0.127. The van der Waals surface area contributed by atoms with Crippen molar-refractivity contribution in [1.82, 2.24) is 25.4 Å². The zero-order valence-electron chi connectivity index (χ0n) is 36.3. The first kappa shape index (κ1) is 47.7. The van der Waals surface area contributed by atoms with Crippen molar-refractivity contribution >= 4 is 44.9 Å². The largest absolute Gasteiger partial charge is 0.464 e. The zero-order chi connectivity index (χ0) is 45.1. The molecule has 0 atom stereocenters. The van der Waals surface area contributed by atoms with Gasteiger partial charge in [0.05, 0.1) is 23.0 Å². The maximum absolute atomic E-state index is 15.9. The first-order chi connectivity index (χ1) is 29.3. The summed E-state index contributed by atoms with van der Waals surface area (Å²) in [6.07, 6.45) is -6.70. The molecule has 0 aliphatic carbocycles. The minimum absolute atomic E-state index is 0.00599. The van der Waals surface area contributed by atoms with Gasteiger partial charge in [-0.25, -0.2) is 18.9 Å². The Balaban J connectivity index is 1.53. The Morgan fingerprint density at radius 2 is 1.47 bits per heavy atom. The summed E-state index contributed by atoms with van der Waals surface area (Å²) in [4.78, 5) is 30.8. The van der Waals surface area contributed by atoms with Gasteiger partial charge in [-0.05, 0) is 52.5 Å². The third-order valence-electron chi connectivity index (χ3n) is 9.71. The summed E-state index contributed by atoms with van der Waals surface area (Å²) in [6, 6.07) is 21.7. The van der Waals surface area contributed by atoms with Crippen LogP contribution in [-0.2, 0) is 47.1 Å². The molecule has 3 aromatic carbocycles. The Labute approximate surface area is 361 Å². The van der Waals surface area contributed by atoms with E-state index in [9.17, 15) is 22.8 Å². The maximum atomic E-state index is 15.9. The number of ether oxygens (including phenoxy) is 4. The van der Waals surface area contributed by atoms with Crippen molar-refractivity contribution < 1.29 is 46.1 Å². The standard InChI is InChI=1S/C44H56F4N6O6Si2/c1-49-42(55)40-39-37(54(53-40)28-57-17-19-61(2,3)4)23-36(34-22-35(45)38(21-33(34)24-44(46,47)48)60-29-58-18-20-62(5,6)7)52-41(39)50-25-31-15-11-12-16-32(31)26-51-43(56)59-27-30-13-9-8-10-14-30/h8-16,21-23H,17-20,24-29H2,1-7H3,(H,49,55)(H,50,52)(H,51,56). The number of amides is 2. The van der Waals surface area contributed by atoms with Crippen LogP contribution in [0.25, 0.3) is 22.2 Å². The molecule has 0 saturated carbocycles. The van der Waals surface area contributed by atoms with E-state index in [4.69, 9.17) is 23.9 Å². The number of alkyl carbamates (subject to hydrolysis) is 1. The normalized spacial score (nSPS) is 12.0. The number of pyridine rings is 1. The van der Waals surface area contributed by atoms with Crippen LogP contribution in [0.2, 0.25) is 51.4 Å². The predicted octanol–water partition coefficient (Wildman–Crippen LogP) is 9.74. The zero-order valence-corrected chi connectivity index (χ0v) is 38.3. The van der Waals surface area contributed by atoms with Gasteiger partial charge in [-0.1, -0.05) is 93.9 Å². The van der Waals surface area contributed by atoms with E-state index in [0.29, 0.717) is 18.7 Å². The molecule has 62 heavy (non-hydrogen) atoms. The molecule has 334 valence electrons. The highest BCUT2D eigenvalue weighted by Gasteiger charge is 2.31. The fourth-order valence-electron chi connectivity index (χ4n) is 6.24. The summed E-state index contributed by atoms with van der Waals surface area (Å²) < 4.78 is 82.4. The molecule has 5 aromatic rings. The molecular formula is C44H56F4N6O6Si2. The molecule has 12 nitrogen and oxygen atoms in total. The van der Waals surface area contributed by atoms with E-state index in [1.807, 2.05) is 54.6 Å². The van der Waals surface area contributed by atoms with Crippen LogP contribution in [0.5, 0.6) is 5.75 Å². The van der Waals surface area contributed by atoms with Crippen LogP contribution in [0.15, 0.2) is 72.8 Å². The molecule has 0 spiro atoms. The molecule has 0 aliphatic heterocycles. The molecule has 2 amide bonds. The Hall–Kier alpha value is -5.31. The molecule has 0 radical (unpaired) electrons. The van der Waals surface area contributed by atoms with Crippen molar-refractivity contribution in [2.45, 2.75) is 90.4 Å². The number of nitrogens with one attached hydrogen (secondary N) is 3. The van der Waals surface area contributed by atoms with E-state index in [1.165, 1.54) is 17.8 Å². The molecule has 0 saturated heterocycles. The van der Waals surface area contributed by atoms with Gasteiger partial charge in [-0.15, -0.1) is 0 Å². The van der Waals surface area contributed by atoms with Gasteiger partial charge in [0.2, 0.25) is 0 Å². The van der Waals surface area contributed by atoms with Crippen LogP contribution in [0.4, 0.5) is 28.2 Å². The third-order valence-corrected chi connectivity index (χ3v) is 13.1. The lowest BCUT2D eigenvalue weighted by Gasteiger charge is -2.18. The van der Waals surface area contributed by atoms with E-state index >= 15 is 4.39 Å². The van der Waals surface area contributed by atoms with Crippen molar-refractivity contribution in [3.63, 3.8) is 0 Å². The van der Waals surface area contributed by atoms with Gasteiger partial charge in [0, 0.05) is 55.1 Å². The summed E-state index contributed by atoms with van der Waals surface area (Å²) in [7, 11) is -1.45. The second-order valence-electron chi connectivity index (χ2n) is 17.3. The summed E-state index contributed by atoms with van der Waals surface area (Å²) >= 11 is 0. The van der Waals surface area contributed by atoms with Gasteiger partial charge in [-0.2, -0.15) is 18.3 Å². The van der Waals surface area contributed by atoms with E-state index < -0.39 is 52.3 Å². The molecule has 0 fully saturated rings. The van der Waals surface area contributed by atoms with Crippen molar-refractivity contribution in [3.8, 4) is 17.0 Å². The molecule has 18 heteroatoms. The van der Waals surface area contributed by atoms with E-state index in [2.05, 4.69) is 60.3 Å². The van der Waals surface area contributed by atoms with Crippen LogP contribution in [0.1, 0.15) is 32.7 Å². The SMILES string of the molecule is CNC(=O)c1nn(COCC[Si](C)(C)C)c2cc(-c3cc(F)c(OCOCC[Si](C)(C)C)cc3CC(F)(F)F)nc(NCc3ccccc3CNC(=O)OCc3ccccc3)c12. The first-order valence-electron chi connectivity index (χ1n) is 20.4. The number of aromatic nitrogens is 3. The smallest absolute Gasteiger partial charge is 0.407 e. The number of nitrogens with zero attached hydrogens (tertiary/aromatic N) is 3. The minimum Gasteiger partial charge on any atom is -0.464 e. The first-order valence-corrected chi connectivity index (χ1v) is 27.8. The van der Waals surface area contributed by atoms with Crippen LogP contribution in [-0.4, -0.2) is 76.1 Å². The summed E-state index contributed by atoms with van der Waals surface area (Å²) in [5.41, 5.74) is 2.18. The predicted molar refractivity (Wildman–Crippen MR) is 237 cm³/mol. The number of rotatable bonds is 21. The van der Waals surface area contributed by atoms with E-state index in [0.717, 1.165) is 40.9 Å². The third kappa shape index (κ3) is 14.4. The topological polar surface area (TPSA) is 138 Å². The Morgan fingerprint density at radius 1 is 0.823 bits per heavy atom. The van der Waals surface area contributed by atoms with Crippen LogP contribution in [0, 0.1) is 5.82 Å². The second kappa shape index (κ2) is 21.2. The number of benzene rings is 3. The molecule has 2 heterocycles. The molecule has 5 rings (SSSR count). The number of carbonyl (C=O) groups excluding carboxylic acids is 2. The summed E-state index contributed by atoms with van der Waals surface area (Å²) in [5.74, 6) is -1.74. The highest BCUT2D eigenvalue weighted by Crippen LogP contribution is 2.37. The fraction of sp³-hybridized carbons (Fsp3) is 0.409. The van der Waals surface area contributed by atoms with Crippen LogP contribution >= 0.6 is 0 Å². The maximum Gasteiger partial charge on any atom is 0.407 e. The molecule has 0 bridgehead atoms. The highest BCUT2D eigenvalue weighted by atomic mass is 28.3. The van der Waals surface area contributed by atoms with Gasteiger partial charge in [0.25, 0.3) is 5.91 Å². The monoisotopic (exact) mass is 896 g/mol. The van der Waals surface area contributed by atoms with Crippen molar-refractivity contribution in [2.24, 2.45) is 0 Å². The second-order valence-corrected chi connectivity index (χ2v) is 28.5. The lowest BCUT2D eigenvalue weighted by atomic mass is 9.99. The van der Waals surface area contributed by atoms with E-state index in [1.54, 1.807) is 0 Å². The quantitative estimate of drug-likeness (QED) is 0.0285. The number of fused-ring (bicyclic) bond motifs is 1. The lowest BCUT2D eigenvalue weighted by Crippen LogP contribution is -2.24. The van der Waals surface area contributed by atoms with Crippen LogP contribution < -0.4 is 20.7 Å². The molecule has 3 N–H and O–H groups in total. The van der Waals surface area contributed by atoms with Crippen molar-refractivity contribution in [1.29, 1.82) is 0 Å². The van der Waals surface area contributed by atoms with Crippen LogP contribution in [0.3, 0.4) is 0 Å². The molecular weight excluding hydrogens is 841 g/mol. The number of anilines is 1. The highest BCUT2D eigenvalue weighted by molar-refractivity contribution is 6.76. The number of carbonyl (C=O) groups is 2. The van der Waals surface area contributed by atoms with Gasteiger partial charge in [-0.3, -0.25) is 4.79 Å². The van der Waals surface area contributed by atoms with Gasteiger partial charge < -0.3 is 34.9 Å². The molecule has 2 aromatic heterocycles. The minimum atomic E-state index is -4.67. The average molecular weight is 897 g/mol. The Kier molecular flexibility index (Phi) is 16.3. The van der Waals surface area contributed by atoms with Crippen molar-refractivity contribution in [2.75, 3.05) is 32.4 Å². The van der Waals surface area contributed by atoms with Gasteiger partial charge in [0.1, 0.15) is 19.2 Å². The number of hydrogen-bond donors (Lipinski definition) is 3. The number of hydrogen-bond acceptors (Lipinski definition) is 9.